The molecule has 45 heavy (non-hydrogen) atoms. The Morgan fingerprint density at radius 1 is 0.244 bits per heavy atom. The van der Waals surface area contributed by atoms with E-state index in [1.165, 1.54) is 32.1 Å². The van der Waals surface area contributed by atoms with E-state index >= 15 is 0 Å². The Morgan fingerprint density at radius 3 is 0.689 bits per heavy atom. The standard InChI is InChI=1S/C32H65ClO12/c1-2-3-4-5-6-7-9-34-11-13-36-15-17-38-19-21-40-23-25-42-27-29-44-31-32-45-30-28-43-26-24-41-22-20-39-18-16-37-14-12-35-10-8-33/h2-32H2,1H3. The van der Waals surface area contributed by atoms with Crippen molar-refractivity contribution in [1.29, 1.82) is 0 Å². The van der Waals surface area contributed by atoms with Crippen LogP contribution in [0.25, 0.3) is 0 Å². The number of ether oxygens (including phenoxy) is 12. The van der Waals surface area contributed by atoms with Crippen molar-refractivity contribution in [3.8, 4) is 0 Å². The lowest BCUT2D eigenvalue weighted by Crippen LogP contribution is -2.15. The molecule has 0 bridgehead atoms. The molecule has 0 aliphatic rings. The predicted octanol–water partition coefficient (Wildman–Crippen LogP) is 3.78. The van der Waals surface area contributed by atoms with Gasteiger partial charge in [0, 0.05) is 12.5 Å². The van der Waals surface area contributed by atoms with Crippen LogP contribution >= 0.6 is 11.6 Å². The van der Waals surface area contributed by atoms with Gasteiger partial charge in [0.05, 0.1) is 152 Å². The first kappa shape index (κ1) is 44.8. The third kappa shape index (κ3) is 43.8. The molecule has 0 aromatic heterocycles. The van der Waals surface area contributed by atoms with E-state index in [9.17, 15) is 0 Å². The van der Waals surface area contributed by atoms with E-state index in [2.05, 4.69) is 6.92 Å². The lowest BCUT2D eigenvalue weighted by molar-refractivity contribution is -0.0282. The van der Waals surface area contributed by atoms with E-state index in [0.29, 0.717) is 158 Å². The first-order chi connectivity index (χ1) is 22.4. The highest BCUT2D eigenvalue weighted by atomic mass is 35.5. The topological polar surface area (TPSA) is 111 Å². The van der Waals surface area contributed by atoms with Crippen LogP contribution in [0.15, 0.2) is 0 Å². The molecule has 0 amide bonds. The summed E-state index contributed by atoms with van der Waals surface area (Å²) < 4.78 is 65.4. The van der Waals surface area contributed by atoms with Crippen LogP contribution in [0.5, 0.6) is 0 Å². The second kappa shape index (κ2) is 43.8. The third-order valence-electron chi connectivity index (χ3n) is 5.96. The van der Waals surface area contributed by atoms with Crippen LogP contribution in [0, 0.1) is 0 Å². The van der Waals surface area contributed by atoms with Crippen molar-refractivity contribution in [1.82, 2.24) is 0 Å². The number of halogens is 1. The normalized spacial score (nSPS) is 11.6. The molecule has 0 fully saturated rings. The average molecular weight is 677 g/mol. The number of hydrogen-bond acceptors (Lipinski definition) is 12. The van der Waals surface area contributed by atoms with Crippen LogP contribution in [-0.4, -0.2) is 164 Å². The molecule has 0 heterocycles. The van der Waals surface area contributed by atoms with Gasteiger partial charge in [-0.15, -0.1) is 11.6 Å². The smallest absolute Gasteiger partial charge is 0.0701 e. The van der Waals surface area contributed by atoms with Crippen molar-refractivity contribution in [2.75, 3.05) is 164 Å². The molecule has 272 valence electrons. The Morgan fingerprint density at radius 2 is 0.444 bits per heavy atom. The SMILES string of the molecule is CCCCCCCCOCCOCCOCCOCCOCCOCCOCCOCCOCCOCCOCCOCCCl. The summed E-state index contributed by atoms with van der Waals surface area (Å²) in [5.74, 6) is 0.499. The van der Waals surface area contributed by atoms with Crippen molar-refractivity contribution in [2.24, 2.45) is 0 Å². The van der Waals surface area contributed by atoms with E-state index in [4.69, 9.17) is 68.4 Å². The van der Waals surface area contributed by atoms with E-state index in [1.54, 1.807) is 0 Å². The van der Waals surface area contributed by atoms with Crippen molar-refractivity contribution in [3.05, 3.63) is 0 Å². The number of alkyl halides is 1. The first-order valence-corrected chi connectivity index (χ1v) is 17.4. The minimum Gasteiger partial charge on any atom is -0.379 e. The predicted molar refractivity (Wildman–Crippen MR) is 174 cm³/mol. The fraction of sp³-hybridized carbons (Fsp3) is 1.00. The summed E-state index contributed by atoms with van der Waals surface area (Å²) in [6.07, 6.45) is 7.68. The molecule has 0 aromatic rings. The summed E-state index contributed by atoms with van der Waals surface area (Å²) in [7, 11) is 0. The Kier molecular flexibility index (Phi) is 43.6. The fourth-order valence-electron chi connectivity index (χ4n) is 3.56. The van der Waals surface area contributed by atoms with Crippen LogP contribution in [-0.2, 0) is 56.8 Å². The van der Waals surface area contributed by atoms with Crippen LogP contribution in [0.1, 0.15) is 45.4 Å². The van der Waals surface area contributed by atoms with Gasteiger partial charge in [-0.3, -0.25) is 0 Å². The Bertz CT molecular complexity index is 469. The van der Waals surface area contributed by atoms with Crippen molar-refractivity contribution in [3.63, 3.8) is 0 Å². The van der Waals surface area contributed by atoms with E-state index in [-0.39, 0.29) is 0 Å². The van der Waals surface area contributed by atoms with Gasteiger partial charge in [-0.05, 0) is 6.42 Å². The first-order valence-electron chi connectivity index (χ1n) is 16.9. The minimum atomic E-state index is 0.499. The van der Waals surface area contributed by atoms with E-state index in [0.717, 1.165) is 13.0 Å². The number of rotatable bonds is 42. The second-order valence-electron chi connectivity index (χ2n) is 9.81. The third-order valence-corrected chi connectivity index (χ3v) is 6.11. The molecule has 0 atom stereocenters. The van der Waals surface area contributed by atoms with Gasteiger partial charge in [0.2, 0.25) is 0 Å². The lowest BCUT2D eigenvalue weighted by atomic mass is 10.1. The summed E-state index contributed by atoms with van der Waals surface area (Å²) in [4.78, 5) is 0. The highest BCUT2D eigenvalue weighted by Crippen LogP contribution is 2.04. The zero-order valence-corrected chi connectivity index (χ0v) is 29.0. The molecule has 0 aliphatic heterocycles. The Labute approximate surface area is 278 Å². The van der Waals surface area contributed by atoms with E-state index in [1.807, 2.05) is 0 Å². The maximum absolute atomic E-state index is 5.58. The van der Waals surface area contributed by atoms with Crippen LogP contribution in [0.4, 0.5) is 0 Å². The van der Waals surface area contributed by atoms with Crippen molar-refractivity contribution in [2.45, 2.75) is 45.4 Å². The van der Waals surface area contributed by atoms with Gasteiger partial charge in [0.1, 0.15) is 0 Å². The van der Waals surface area contributed by atoms with Crippen LogP contribution in [0.2, 0.25) is 0 Å². The number of unbranched alkanes of at least 4 members (excludes halogenated alkanes) is 5. The maximum atomic E-state index is 5.58. The van der Waals surface area contributed by atoms with Crippen molar-refractivity contribution < 1.29 is 56.8 Å². The van der Waals surface area contributed by atoms with Gasteiger partial charge in [-0.2, -0.15) is 0 Å². The number of hydrogen-bond donors (Lipinski definition) is 0. The molecule has 13 heteroatoms. The summed E-state index contributed by atoms with van der Waals surface area (Å²) >= 11 is 5.51. The minimum absolute atomic E-state index is 0.499. The summed E-state index contributed by atoms with van der Waals surface area (Å²) in [5.41, 5.74) is 0. The zero-order valence-electron chi connectivity index (χ0n) is 28.2. The molecule has 0 saturated carbocycles. The van der Waals surface area contributed by atoms with Gasteiger partial charge in [0.25, 0.3) is 0 Å². The molecule has 0 N–H and O–H groups in total. The zero-order chi connectivity index (χ0) is 32.4. The van der Waals surface area contributed by atoms with Gasteiger partial charge in [0.15, 0.2) is 0 Å². The lowest BCUT2D eigenvalue weighted by Gasteiger charge is -2.09. The molecule has 0 rings (SSSR count). The highest BCUT2D eigenvalue weighted by Gasteiger charge is 1.97. The molecule has 0 saturated heterocycles. The quantitative estimate of drug-likeness (QED) is 0.0693. The fourth-order valence-corrected chi connectivity index (χ4v) is 3.67. The second-order valence-corrected chi connectivity index (χ2v) is 10.2. The van der Waals surface area contributed by atoms with Gasteiger partial charge in [-0.1, -0.05) is 39.0 Å². The molecule has 0 radical (unpaired) electrons. The van der Waals surface area contributed by atoms with Gasteiger partial charge < -0.3 is 56.8 Å². The molecule has 0 unspecified atom stereocenters. The van der Waals surface area contributed by atoms with Gasteiger partial charge >= 0.3 is 0 Å². The molecule has 0 aromatic carbocycles. The van der Waals surface area contributed by atoms with Crippen LogP contribution < -0.4 is 0 Å². The molecular formula is C32H65ClO12. The highest BCUT2D eigenvalue weighted by molar-refractivity contribution is 6.17. The van der Waals surface area contributed by atoms with Crippen molar-refractivity contribution >= 4 is 11.6 Å². The maximum Gasteiger partial charge on any atom is 0.0701 e. The summed E-state index contributed by atoms with van der Waals surface area (Å²) in [6.45, 7) is 15.5. The Balaban J connectivity index is 3.03. The van der Waals surface area contributed by atoms with Gasteiger partial charge in [-0.25, -0.2) is 0 Å². The van der Waals surface area contributed by atoms with E-state index < -0.39 is 0 Å². The molecule has 0 spiro atoms. The average Bonchev–Trinajstić information content (AvgIpc) is 3.05. The summed E-state index contributed by atoms with van der Waals surface area (Å²) in [5, 5.41) is 0. The molecular weight excluding hydrogens is 612 g/mol. The Hall–Kier alpha value is -0.190. The molecule has 0 aliphatic carbocycles. The largest absolute Gasteiger partial charge is 0.379 e. The summed E-state index contributed by atoms with van der Waals surface area (Å²) in [6, 6.07) is 0. The molecule has 12 nitrogen and oxygen atoms in total. The monoisotopic (exact) mass is 676 g/mol. The van der Waals surface area contributed by atoms with Crippen LogP contribution in [0.3, 0.4) is 0 Å².